The number of hydrogen-bond donors (Lipinski definition) is 2. The lowest BCUT2D eigenvalue weighted by atomic mass is 10.2. The molecule has 2 rings (SSSR count). The topological polar surface area (TPSA) is 75.3 Å². The maximum Gasteiger partial charge on any atom is 0.319 e. The highest BCUT2D eigenvalue weighted by Gasteiger charge is 2.11. The van der Waals surface area contributed by atoms with Crippen molar-refractivity contribution in [3.63, 3.8) is 0 Å². The van der Waals surface area contributed by atoms with Crippen LogP contribution in [0.4, 0.5) is 14.9 Å². The van der Waals surface area contributed by atoms with Crippen LogP contribution in [-0.2, 0) is 16.4 Å². The number of aryl methyl sites for hydroxylation is 1. The van der Waals surface area contributed by atoms with Gasteiger partial charge in [-0.05, 0) is 42.3 Å². The lowest BCUT2D eigenvalue weighted by molar-refractivity contribution is 0.251. The zero-order chi connectivity index (χ0) is 17.0. The molecule has 0 saturated heterocycles. The summed E-state index contributed by atoms with van der Waals surface area (Å²) in [5.74, 6) is -0.341. The SMILES string of the molecule is Cc1ccc(S(C)(=O)=O)cc1NC(=O)NCc1ccc(F)cc1. The molecule has 7 heteroatoms. The van der Waals surface area contributed by atoms with Gasteiger partial charge in [0.1, 0.15) is 5.82 Å². The number of nitrogens with one attached hydrogen (secondary N) is 2. The Hall–Kier alpha value is -2.41. The van der Waals surface area contributed by atoms with Gasteiger partial charge in [-0.3, -0.25) is 0 Å². The highest BCUT2D eigenvalue weighted by Crippen LogP contribution is 2.20. The average Bonchev–Trinajstić information content (AvgIpc) is 2.48. The molecule has 5 nitrogen and oxygen atoms in total. The molecule has 23 heavy (non-hydrogen) atoms. The van der Waals surface area contributed by atoms with Gasteiger partial charge in [-0.15, -0.1) is 0 Å². The van der Waals surface area contributed by atoms with E-state index in [1.54, 1.807) is 25.1 Å². The van der Waals surface area contributed by atoms with Crippen molar-refractivity contribution >= 4 is 21.6 Å². The van der Waals surface area contributed by atoms with Crippen LogP contribution in [0.3, 0.4) is 0 Å². The summed E-state index contributed by atoms with van der Waals surface area (Å²) in [6.07, 6.45) is 1.11. The van der Waals surface area contributed by atoms with E-state index in [2.05, 4.69) is 10.6 Å². The van der Waals surface area contributed by atoms with E-state index in [0.717, 1.165) is 17.4 Å². The molecule has 0 fully saturated rings. The third-order valence-electron chi connectivity index (χ3n) is 3.25. The molecule has 0 aliphatic carbocycles. The minimum atomic E-state index is -3.34. The first-order chi connectivity index (χ1) is 10.8. The quantitative estimate of drug-likeness (QED) is 0.901. The van der Waals surface area contributed by atoms with Gasteiger partial charge in [-0.25, -0.2) is 17.6 Å². The van der Waals surface area contributed by atoms with Crippen LogP contribution < -0.4 is 10.6 Å². The van der Waals surface area contributed by atoms with Crippen molar-refractivity contribution in [1.29, 1.82) is 0 Å². The Bertz CT molecular complexity index is 818. The summed E-state index contributed by atoms with van der Waals surface area (Å²) in [7, 11) is -3.34. The van der Waals surface area contributed by atoms with Crippen LogP contribution in [0.5, 0.6) is 0 Å². The molecule has 0 bridgehead atoms. The van der Waals surface area contributed by atoms with Crippen molar-refractivity contribution in [2.45, 2.75) is 18.4 Å². The van der Waals surface area contributed by atoms with Crippen LogP contribution >= 0.6 is 0 Å². The second kappa shape index (κ2) is 6.78. The number of urea groups is 1. The summed E-state index contributed by atoms with van der Waals surface area (Å²) in [5.41, 5.74) is 1.92. The molecule has 0 aromatic heterocycles. The second-order valence-electron chi connectivity index (χ2n) is 5.18. The molecule has 122 valence electrons. The van der Waals surface area contributed by atoms with E-state index in [9.17, 15) is 17.6 Å². The van der Waals surface area contributed by atoms with E-state index in [4.69, 9.17) is 0 Å². The zero-order valence-electron chi connectivity index (χ0n) is 12.8. The molecule has 0 spiro atoms. The van der Waals surface area contributed by atoms with Crippen molar-refractivity contribution in [2.75, 3.05) is 11.6 Å². The number of benzene rings is 2. The van der Waals surface area contributed by atoms with Crippen LogP contribution in [0.25, 0.3) is 0 Å². The van der Waals surface area contributed by atoms with Crippen LogP contribution in [0.15, 0.2) is 47.4 Å². The Labute approximate surface area is 134 Å². The van der Waals surface area contributed by atoms with Crippen molar-refractivity contribution in [3.05, 3.63) is 59.4 Å². The predicted molar refractivity (Wildman–Crippen MR) is 86.5 cm³/mol. The lowest BCUT2D eigenvalue weighted by Gasteiger charge is -2.11. The van der Waals surface area contributed by atoms with E-state index in [-0.39, 0.29) is 17.3 Å². The second-order valence-corrected chi connectivity index (χ2v) is 7.20. The molecule has 0 heterocycles. The summed E-state index contributed by atoms with van der Waals surface area (Å²) in [6, 6.07) is 9.85. The number of sulfone groups is 1. The molecule has 0 aliphatic heterocycles. The molecule has 2 N–H and O–H groups in total. The molecule has 2 aromatic rings. The third kappa shape index (κ3) is 4.79. The fraction of sp³-hybridized carbons (Fsp3) is 0.188. The third-order valence-corrected chi connectivity index (χ3v) is 4.36. The van der Waals surface area contributed by atoms with Gasteiger partial charge in [0.15, 0.2) is 9.84 Å². The van der Waals surface area contributed by atoms with Gasteiger partial charge >= 0.3 is 6.03 Å². The fourth-order valence-electron chi connectivity index (χ4n) is 1.92. The molecule has 0 radical (unpaired) electrons. The van der Waals surface area contributed by atoms with Gasteiger partial charge in [0.25, 0.3) is 0 Å². The summed E-state index contributed by atoms with van der Waals surface area (Å²) in [5, 5.41) is 5.25. The first kappa shape index (κ1) is 17.0. The van der Waals surface area contributed by atoms with E-state index in [1.165, 1.54) is 24.3 Å². The monoisotopic (exact) mass is 336 g/mol. The number of halogens is 1. The largest absolute Gasteiger partial charge is 0.334 e. The summed E-state index contributed by atoms with van der Waals surface area (Å²) < 4.78 is 35.9. The Morgan fingerprint density at radius 2 is 1.78 bits per heavy atom. The van der Waals surface area contributed by atoms with E-state index < -0.39 is 15.9 Å². The molecule has 2 aromatic carbocycles. The van der Waals surface area contributed by atoms with Crippen LogP contribution in [0.2, 0.25) is 0 Å². The summed E-state index contributed by atoms with van der Waals surface area (Å²) in [4.78, 5) is 12.1. The first-order valence-corrected chi connectivity index (χ1v) is 8.75. The van der Waals surface area contributed by atoms with Crippen LogP contribution in [0, 0.1) is 12.7 Å². The van der Waals surface area contributed by atoms with Gasteiger partial charge in [0.05, 0.1) is 4.90 Å². The van der Waals surface area contributed by atoms with Crippen LogP contribution in [-0.4, -0.2) is 20.7 Å². The van der Waals surface area contributed by atoms with E-state index in [1.807, 2.05) is 0 Å². The van der Waals surface area contributed by atoms with Gasteiger partial charge in [0, 0.05) is 18.5 Å². The first-order valence-electron chi connectivity index (χ1n) is 6.86. The van der Waals surface area contributed by atoms with Crippen molar-refractivity contribution in [1.82, 2.24) is 5.32 Å². The fourth-order valence-corrected chi connectivity index (χ4v) is 2.56. The smallest absolute Gasteiger partial charge is 0.319 e. The Balaban J connectivity index is 2.04. The summed E-state index contributed by atoms with van der Waals surface area (Å²) >= 11 is 0. The average molecular weight is 336 g/mol. The number of hydrogen-bond acceptors (Lipinski definition) is 3. The number of rotatable bonds is 4. The Morgan fingerprint density at radius 3 is 2.39 bits per heavy atom. The van der Waals surface area contributed by atoms with Gasteiger partial charge in [-0.1, -0.05) is 18.2 Å². The Morgan fingerprint density at radius 1 is 1.13 bits per heavy atom. The number of amides is 2. The molecule has 0 unspecified atom stereocenters. The standard InChI is InChI=1S/C16H17FN2O3S/c1-11-3-8-14(23(2,21)22)9-15(11)19-16(20)18-10-12-4-6-13(17)7-5-12/h3-9H,10H2,1-2H3,(H2,18,19,20). The molecular weight excluding hydrogens is 319 g/mol. The molecule has 0 atom stereocenters. The molecular formula is C16H17FN2O3S. The van der Waals surface area contributed by atoms with Crippen molar-refractivity contribution < 1.29 is 17.6 Å². The number of anilines is 1. The maximum atomic E-state index is 12.8. The Kier molecular flexibility index (Phi) is 5.00. The summed E-state index contributed by atoms with van der Waals surface area (Å²) in [6.45, 7) is 2.00. The van der Waals surface area contributed by atoms with Gasteiger partial charge in [0.2, 0.25) is 0 Å². The highest BCUT2D eigenvalue weighted by molar-refractivity contribution is 7.90. The number of carbonyl (C=O) groups is 1. The maximum absolute atomic E-state index is 12.8. The van der Waals surface area contributed by atoms with Crippen molar-refractivity contribution in [2.24, 2.45) is 0 Å². The molecule has 0 saturated carbocycles. The molecule has 0 aliphatic rings. The van der Waals surface area contributed by atoms with Crippen LogP contribution in [0.1, 0.15) is 11.1 Å². The van der Waals surface area contributed by atoms with Gasteiger partial charge in [-0.2, -0.15) is 0 Å². The minimum Gasteiger partial charge on any atom is -0.334 e. The number of carbonyl (C=O) groups excluding carboxylic acids is 1. The normalized spacial score (nSPS) is 11.1. The lowest BCUT2D eigenvalue weighted by Crippen LogP contribution is -2.28. The van der Waals surface area contributed by atoms with E-state index in [0.29, 0.717) is 5.69 Å². The minimum absolute atomic E-state index is 0.136. The van der Waals surface area contributed by atoms with Gasteiger partial charge < -0.3 is 10.6 Å². The van der Waals surface area contributed by atoms with E-state index >= 15 is 0 Å². The molecule has 2 amide bonds. The predicted octanol–water partition coefficient (Wildman–Crippen LogP) is 2.86. The highest BCUT2D eigenvalue weighted by atomic mass is 32.2. The zero-order valence-corrected chi connectivity index (χ0v) is 13.6. The van der Waals surface area contributed by atoms with Crippen molar-refractivity contribution in [3.8, 4) is 0 Å².